The second-order valence-electron chi connectivity index (χ2n) is 15.4. The Bertz CT molecular complexity index is 1830. The molecule has 0 unspecified atom stereocenters. The Hall–Kier alpha value is -3.64. The molecule has 290 valence electrons. The van der Waals surface area contributed by atoms with Crippen LogP contribution in [-0.4, -0.2) is 95.3 Å². The van der Waals surface area contributed by atoms with Gasteiger partial charge in [-0.1, -0.05) is 40.9 Å². The first kappa shape index (κ1) is 40.0. The van der Waals surface area contributed by atoms with Gasteiger partial charge in [0.1, 0.15) is 17.5 Å². The summed E-state index contributed by atoms with van der Waals surface area (Å²) >= 11 is 19.4. The van der Waals surface area contributed by atoms with Gasteiger partial charge in [-0.2, -0.15) is 0 Å². The average Bonchev–Trinajstić information content (AvgIpc) is 3.85. The zero-order valence-electron chi connectivity index (χ0n) is 31.4. The summed E-state index contributed by atoms with van der Waals surface area (Å²) in [7, 11) is 1.63. The van der Waals surface area contributed by atoms with Gasteiger partial charge in [-0.3, -0.25) is 19.5 Å². The first-order valence-corrected chi connectivity index (χ1v) is 19.7. The second kappa shape index (κ2) is 17.0. The van der Waals surface area contributed by atoms with Crippen LogP contribution in [0.5, 0.6) is 5.75 Å². The highest BCUT2D eigenvalue weighted by atomic mass is 35.5. The smallest absolute Gasteiger partial charge is 0.410 e. The molecule has 6 rings (SSSR count). The van der Waals surface area contributed by atoms with Gasteiger partial charge in [0.15, 0.2) is 5.75 Å². The molecule has 0 bridgehead atoms. The highest BCUT2D eigenvalue weighted by Crippen LogP contribution is 2.40. The van der Waals surface area contributed by atoms with Gasteiger partial charge in [0.05, 0.1) is 33.1 Å². The number of methoxy groups -OCH3 is 1. The standard InChI is InChI=1S/C40H48Cl3N5O6/c1-24-17-32(41)36(33(42)18-24)53-28-12-14-46(22-28)35-11-8-25(20-45-35)29-13-15-47(39(51)54-40(2,3)4)23-31(29)38(50)48(27-9-10-27)37(49)30-19-26(7-6-16-52-5)44-21-34(30)43/h8,11,17-21,27-29,31H,6-7,9-10,12-16,22-23H2,1-5H3/t28-,29-,31+/m0/s1. The van der Waals surface area contributed by atoms with Crippen molar-refractivity contribution in [2.45, 2.75) is 89.9 Å². The monoisotopic (exact) mass is 799 g/mol. The lowest BCUT2D eigenvalue weighted by molar-refractivity contribution is -0.135. The number of amides is 3. The summed E-state index contributed by atoms with van der Waals surface area (Å²) in [5, 5.41) is 1.15. The fourth-order valence-electron chi connectivity index (χ4n) is 7.16. The Labute approximate surface area is 332 Å². The van der Waals surface area contributed by atoms with E-state index in [-0.39, 0.29) is 41.1 Å². The van der Waals surface area contributed by atoms with Crippen molar-refractivity contribution in [3.8, 4) is 5.75 Å². The van der Waals surface area contributed by atoms with E-state index in [1.807, 2.05) is 52.0 Å². The zero-order chi connectivity index (χ0) is 38.7. The summed E-state index contributed by atoms with van der Waals surface area (Å²) in [6.45, 7) is 9.73. The molecule has 0 spiro atoms. The summed E-state index contributed by atoms with van der Waals surface area (Å²) in [6, 6.07) is 9.04. The number of likely N-dealkylation sites (tertiary alicyclic amines) is 1. The molecule has 4 heterocycles. The molecule has 3 fully saturated rings. The van der Waals surface area contributed by atoms with Crippen LogP contribution in [0.1, 0.15) is 86.0 Å². The van der Waals surface area contributed by atoms with Crippen LogP contribution in [0, 0.1) is 12.8 Å². The van der Waals surface area contributed by atoms with E-state index in [1.165, 1.54) is 11.1 Å². The number of anilines is 1. The SMILES string of the molecule is COCCCc1cc(C(=O)N(C(=O)[C@@H]2CN(C(=O)OC(C)(C)C)CC[C@H]2c2ccc(N3CC[C@H](Oc4c(Cl)cc(C)cc4Cl)C3)nc2)C2CC2)c(Cl)cn1. The van der Waals surface area contributed by atoms with Gasteiger partial charge in [-0.25, -0.2) is 9.78 Å². The number of carbonyl (C=O) groups is 3. The molecule has 2 saturated heterocycles. The number of ether oxygens (including phenoxy) is 3. The number of hydrogen-bond acceptors (Lipinski definition) is 9. The molecular formula is C40H48Cl3N5O6. The summed E-state index contributed by atoms with van der Waals surface area (Å²) in [5.74, 6) is -0.554. The third-order valence-electron chi connectivity index (χ3n) is 9.97. The average molecular weight is 801 g/mol. The number of rotatable bonds is 11. The fourth-order valence-corrected chi connectivity index (χ4v) is 8.03. The molecule has 2 aromatic heterocycles. The van der Waals surface area contributed by atoms with E-state index in [4.69, 9.17) is 54.0 Å². The van der Waals surface area contributed by atoms with Crippen molar-refractivity contribution in [3.63, 3.8) is 0 Å². The first-order chi connectivity index (χ1) is 25.7. The van der Waals surface area contributed by atoms with E-state index in [1.54, 1.807) is 24.3 Å². The minimum absolute atomic E-state index is 0.0955. The van der Waals surface area contributed by atoms with E-state index in [9.17, 15) is 14.4 Å². The Kier molecular flexibility index (Phi) is 12.6. The minimum Gasteiger partial charge on any atom is -0.485 e. The number of nitrogens with zero attached hydrogens (tertiary/aromatic N) is 5. The van der Waals surface area contributed by atoms with E-state index >= 15 is 0 Å². The van der Waals surface area contributed by atoms with E-state index in [0.29, 0.717) is 66.9 Å². The number of carbonyl (C=O) groups excluding carboxylic acids is 3. The topological polar surface area (TPSA) is 114 Å². The van der Waals surface area contributed by atoms with Crippen LogP contribution in [0.15, 0.2) is 42.7 Å². The Morgan fingerprint density at radius 3 is 2.31 bits per heavy atom. The number of piperidine rings is 1. The molecule has 1 saturated carbocycles. The number of benzene rings is 1. The molecule has 1 aliphatic carbocycles. The van der Waals surface area contributed by atoms with Gasteiger partial charge in [0.25, 0.3) is 5.91 Å². The van der Waals surface area contributed by atoms with Crippen molar-refractivity contribution in [1.82, 2.24) is 19.8 Å². The van der Waals surface area contributed by atoms with Crippen molar-refractivity contribution >= 4 is 58.5 Å². The lowest BCUT2D eigenvalue weighted by atomic mass is 9.80. The number of halogens is 3. The second-order valence-corrected chi connectivity index (χ2v) is 16.6. The molecule has 1 aromatic carbocycles. The maximum atomic E-state index is 14.8. The molecule has 3 amide bonds. The molecule has 2 aliphatic heterocycles. The van der Waals surface area contributed by atoms with Gasteiger partial charge >= 0.3 is 6.09 Å². The van der Waals surface area contributed by atoms with Crippen LogP contribution < -0.4 is 9.64 Å². The predicted octanol–water partition coefficient (Wildman–Crippen LogP) is 8.15. The van der Waals surface area contributed by atoms with Crippen molar-refractivity contribution in [2.24, 2.45) is 5.92 Å². The Balaban J connectivity index is 1.22. The first-order valence-electron chi connectivity index (χ1n) is 18.5. The largest absolute Gasteiger partial charge is 0.485 e. The van der Waals surface area contributed by atoms with Crippen molar-refractivity contribution in [1.29, 1.82) is 0 Å². The van der Waals surface area contributed by atoms with Crippen LogP contribution in [0.4, 0.5) is 10.6 Å². The van der Waals surface area contributed by atoms with Crippen LogP contribution in [0.2, 0.25) is 15.1 Å². The normalized spacial score (nSPS) is 20.2. The third kappa shape index (κ3) is 9.59. The lowest BCUT2D eigenvalue weighted by Crippen LogP contribution is -2.52. The summed E-state index contributed by atoms with van der Waals surface area (Å²) in [6.07, 6.45) is 6.64. The van der Waals surface area contributed by atoms with Crippen LogP contribution in [-0.2, 0) is 20.7 Å². The molecule has 3 atom stereocenters. The van der Waals surface area contributed by atoms with Gasteiger partial charge in [-0.15, -0.1) is 0 Å². The van der Waals surface area contributed by atoms with Crippen molar-refractivity contribution < 1.29 is 28.6 Å². The Morgan fingerprint density at radius 1 is 0.926 bits per heavy atom. The van der Waals surface area contributed by atoms with Gasteiger partial charge in [-0.05, 0) is 95.2 Å². The molecule has 3 aliphatic rings. The van der Waals surface area contributed by atoms with Crippen LogP contribution in [0.3, 0.4) is 0 Å². The summed E-state index contributed by atoms with van der Waals surface area (Å²) in [5.41, 5.74) is 2.04. The molecule has 0 N–H and O–H groups in total. The number of hydrogen-bond donors (Lipinski definition) is 0. The van der Waals surface area contributed by atoms with E-state index in [2.05, 4.69) is 9.88 Å². The molecule has 0 radical (unpaired) electrons. The van der Waals surface area contributed by atoms with Crippen molar-refractivity contribution in [2.75, 3.05) is 44.8 Å². The van der Waals surface area contributed by atoms with Crippen LogP contribution >= 0.6 is 34.8 Å². The summed E-state index contributed by atoms with van der Waals surface area (Å²) < 4.78 is 17.1. The van der Waals surface area contributed by atoms with Gasteiger partial charge < -0.3 is 24.0 Å². The highest BCUT2D eigenvalue weighted by molar-refractivity contribution is 6.37. The molecule has 14 heteroatoms. The van der Waals surface area contributed by atoms with E-state index < -0.39 is 23.5 Å². The lowest BCUT2D eigenvalue weighted by Gasteiger charge is -2.40. The van der Waals surface area contributed by atoms with Gasteiger partial charge in [0.2, 0.25) is 5.91 Å². The highest BCUT2D eigenvalue weighted by Gasteiger charge is 2.46. The zero-order valence-corrected chi connectivity index (χ0v) is 33.7. The van der Waals surface area contributed by atoms with Gasteiger partial charge in [0, 0.05) is 69.8 Å². The number of pyridine rings is 2. The predicted molar refractivity (Wildman–Crippen MR) is 209 cm³/mol. The summed E-state index contributed by atoms with van der Waals surface area (Å²) in [4.78, 5) is 56.7. The molecular weight excluding hydrogens is 753 g/mol. The maximum Gasteiger partial charge on any atom is 0.410 e. The van der Waals surface area contributed by atoms with Crippen molar-refractivity contribution in [3.05, 3.63) is 80.2 Å². The molecule has 3 aromatic rings. The number of aromatic nitrogens is 2. The molecule has 54 heavy (non-hydrogen) atoms. The fraction of sp³-hybridized carbons (Fsp3) is 0.525. The number of aryl methyl sites for hydroxylation is 2. The Morgan fingerprint density at radius 2 is 1.67 bits per heavy atom. The minimum atomic E-state index is -0.723. The number of imide groups is 1. The quantitative estimate of drug-likeness (QED) is 0.140. The maximum absolute atomic E-state index is 14.8. The van der Waals surface area contributed by atoms with Crippen LogP contribution in [0.25, 0.3) is 0 Å². The molecule has 11 nitrogen and oxygen atoms in total. The third-order valence-corrected chi connectivity index (χ3v) is 10.8. The van der Waals surface area contributed by atoms with E-state index in [0.717, 1.165) is 36.3 Å².